The van der Waals surface area contributed by atoms with Crippen molar-refractivity contribution in [3.63, 3.8) is 0 Å². The standard InChI is InChI=1S/C49H65ClFN7O9/c1-11-62-44(59)32(27-53-45(60)66-47(2,3)4)19-23-56(29-33-26-38(41-40(33)64-49(8,9)65-41)58-24-20-36-42(52-10)54-30-55-43(36)58)21-12-22-57(46(61)67-48(5,6)7)28-31-13-18-39(37(51)25-31)63-35-16-14-34(50)15-17-35/h13-18,20,24-25,27,30,32-33,38,40-41H,11-12,19,21-23,26,28-29H2,1-10H3,(H,52,54,55)/b53-27-/t32?,33-,38-,40-,41+/m1/s1. The van der Waals surface area contributed by atoms with Crippen LogP contribution in [0, 0.1) is 17.7 Å². The number of carbonyl (C=O) groups is 3. The molecule has 16 nitrogen and oxygen atoms in total. The number of nitrogens with one attached hydrogen (secondary N) is 1. The first-order chi connectivity index (χ1) is 31.6. The molecule has 0 radical (unpaired) electrons. The molecule has 5 atom stereocenters. The number of rotatable bonds is 18. The minimum atomic E-state index is -0.851. The molecule has 3 heterocycles. The maximum Gasteiger partial charge on any atom is 0.433 e. The minimum Gasteiger partial charge on any atom is -0.465 e. The molecular formula is C49H65ClFN7O9. The van der Waals surface area contributed by atoms with E-state index in [0.717, 1.165) is 16.9 Å². The summed E-state index contributed by atoms with van der Waals surface area (Å²) in [4.78, 5) is 56.6. The van der Waals surface area contributed by atoms with E-state index < -0.39 is 46.9 Å². The van der Waals surface area contributed by atoms with Crippen molar-refractivity contribution in [1.82, 2.24) is 24.3 Å². The summed E-state index contributed by atoms with van der Waals surface area (Å²) in [5.74, 6) is -1.65. The van der Waals surface area contributed by atoms with E-state index in [1.54, 1.807) is 90.0 Å². The number of carbonyl (C=O) groups excluding carboxylic acids is 3. The van der Waals surface area contributed by atoms with Gasteiger partial charge >= 0.3 is 18.2 Å². The molecule has 364 valence electrons. The summed E-state index contributed by atoms with van der Waals surface area (Å²) in [7, 11) is 1.82. The zero-order valence-corrected chi connectivity index (χ0v) is 41.0. The molecule has 6 rings (SSSR count). The van der Waals surface area contributed by atoms with E-state index in [-0.39, 0.29) is 56.0 Å². The molecular weight excluding hydrogens is 885 g/mol. The molecule has 2 amide bonds. The van der Waals surface area contributed by atoms with Crippen LogP contribution in [0.3, 0.4) is 0 Å². The number of amides is 2. The van der Waals surface area contributed by atoms with Crippen molar-refractivity contribution >= 4 is 52.8 Å². The Labute approximate surface area is 397 Å². The monoisotopic (exact) mass is 949 g/mol. The summed E-state index contributed by atoms with van der Waals surface area (Å²) in [6.07, 6.45) is 4.38. The Morgan fingerprint density at radius 2 is 1.72 bits per heavy atom. The van der Waals surface area contributed by atoms with Crippen molar-refractivity contribution in [2.75, 3.05) is 45.2 Å². The Bertz CT molecular complexity index is 2360. The largest absolute Gasteiger partial charge is 0.465 e. The van der Waals surface area contributed by atoms with Crippen molar-refractivity contribution in [3.05, 3.63) is 77.5 Å². The van der Waals surface area contributed by atoms with Crippen molar-refractivity contribution in [2.24, 2.45) is 16.8 Å². The van der Waals surface area contributed by atoms with Gasteiger partial charge in [0, 0.05) is 50.0 Å². The molecule has 67 heavy (non-hydrogen) atoms. The van der Waals surface area contributed by atoms with E-state index in [4.69, 9.17) is 40.0 Å². The van der Waals surface area contributed by atoms with E-state index in [2.05, 4.69) is 29.7 Å². The highest BCUT2D eigenvalue weighted by molar-refractivity contribution is 6.30. The van der Waals surface area contributed by atoms with Crippen LogP contribution in [0.2, 0.25) is 5.02 Å². The summed E-state index contributed by atoms with van der Waals surface area (Å²) >= 11 is 6.01. The molecule has 1 aliphatic carbocycles. The smallest absolute Gasteiger partial charge is 0.433 e. The number of hydrogen-bond donors (Lipinski definition) is 1. The second-order valence-corrected chi connectivity index (χ2v) is 19.8. The van der Waals surface area contributed by atoms with Gasteiger partial charge in [-0.1, -0.05) is 17.7 Å². The van der Waals surface area contributed by atoms with Crippen molar-refractivity contribution < 1.29 is 47.2 Å². The van der Waals surface area contributed by atoms with Crippen LogP contribution in [-0.4, -0.2) is 118 Å². The number of ether oxygens (including phenoxy) is 6. The molecule has 1 saturated carbocycles. The molecule has 2 aliphatic rings. The minimum absolute atomic E-state index is 0.0279. The van der Waals surface area contributed by atoms with Gasteiger partial charge in [0.15, 0.2) is 17.4 Å². The number of benzene rings is 2. The lowest BCUT2D eigenvalue weighted by atomic mass is 10.0. The molecule has 2 fully saturated rings. The SMILES string of the molecule is CCOC(=O)C(/C=N\C(=O)OC(C)(C)C)CCN(CCCN(Cc1ccc(Oc2ccc(Cl)cc2)c(F)c1)C(=O)OC(C)(C)C)C[C@H]1C[C@@H](n2ccc3c(NC)ncnc32)[C@@H]2OC(C)(C)O[C@H]12. The lowest BCUT2D eigenvalue weighted by Gasteiger charge is -2.31. The molecule has 0 bridgehead atoms. The Morgan fingerprint density at radius 3 is 2.39 bits per heavy atom. The molecule has 4 aromatic rings. The van der Waals surface area contributed by atoms with E-state index in [9.17, 15) is 14.4 Å². The maximum atomic E-state index is 15.5. The van der Waals surface area contributed by atoms with Gasteiger partial charge in [0.2, 0.25) is 0 Å². The molecule has 0 spiro atoms. The first-order valence-corrected chi connectivity index (χ1v) is 23.2. The number of esters is 1. The number of anilines is 1. The van der Waals surface area contributed by atoms with Gasteiger partial charge in [0.25, 0.3) is 0 Å². The zero-order valence-electron chi connectivity index (χ0n) is 40.2. The summed E-state index contributed by atoms with van der Waals surface area (Å²) in [6, 6.07) is 13.1. The van der Waals surface area contributed by atoms with Crippen LogP contribution in [0.1, 0.15) is 93.2 Å². The molecule has 18 heteroatoms. The van der Waals surface area contributed by atoms with Gasteiger partial charge in [-0.2, -0.15) is 4.99 Å². The van der Waals surface area contributed by atoms with E-state index in [1.807, 2.05) is 33.2 Å². The second-order valence-electron chi connectivity index (χ2n) is 19.3. The average molecular weight is 951 g/mol. The second kappa shape index (κ2) is 21.7. The van der Waals surface area contributed by atoms with Crippen LogP contribution in [0.15, 0.2) is 66.0 Å². The van der Waals surface area contributed by atoms with Crippen LogP contribution in [0.5, 0.6) is 11.5 Å². The average Bonchev–Trinajstić information content (AvgIpc) is 3.91. The maximum absolute atomic E-state index is 15.5. The Hall–Kier alpha value is -5.36. The molecule has 1 aliphatic heterocycles. The summed E-state index contributed by atoms with van der Waals surface area (Å²) < 4.78 is 53.3. The highest BCUT2D eigenvalue weighted by atomic mass is 35.5. The van der Waals surface area contributed by atoms with Gasteiger partial charge < -0.3 is 48.1 Å². The van der Waals surface area contributed by atoms with E-state index >= 15 is 4.39 Å². The van der Waals surface area contributed by atoms with E-state index in [1.165, 1.54) is 18.3 Å². The lowest BCUT2D eigenvalue weighted by Crippen LogP contribution is -2.40. The quantitative estimate of drug-likeness (QED) is 0.0569. The first kappa shape index (κ1) is 51.0. The lowest BCUT2D eigenvalue weighted by molar-refractivity contribution is -0.161. The normalized spacial score (nSPS) is 19.7. The van der Waals surface area contributed by atoms with Gasteiger partial charge in [-0.15, -0.1) is 0 Å². The van der Waals surface area contributed by atoms with Crippen LogP contribution < -0.4 is 10.1 Å². The van der Waals surface area contributed by atoms with Crippen LogP contribution >= 0.6 is 11.6 Å². The number of halogens is 2. The molecule has 1 saturated heterocycles. The highest BCUT2D eigenvalue weighted by Gasteiger charge is 2.55. The topological polar surface area (TPSA) is 168 Å². The molecule has 2 aromatic carbocycles. The third-order valence-corrected chi connectivity index (χ3v) is 11.5. The summed E-state index contributed by atoms with van der Waals surface area (Å²) in [5, 5.41) is 4.57. The number of hydrogen-bond acceptors (Lipinski definition) is 13. The molecule has 1 unspecified atom stereocenters. The van der Waals surface area contributed by atoms with Crippen molar-refractivity contribution in [3.8, 4) is 11.5 Å². The summed E-state index contributed by atoms with van der Waals surface area (Å²) in [5.41, 5.74) is -0.237. The predicted molar refractivity (Wildman–Crippen MR) is 253 cm³/mol. The van der Waals surface area contributed by atoms with Gasteiger partial charge in [0.05, 0.1) is 30.1 Å². The fraction of sp³-hybridized carbons (Fsp3) is 0.551. The number of aromatic nitrogens is 3. The van der Waals surface area contributed by atoms with Gasteiger partial charge in [0.1, 0.15) is 40.8 Å². The highest BCUT2D eigenvalue weighted by Crippen LogP contribution is 2.48. The number of aliphatic imine (C=N–C) groups is 1. The third kappa shape index (κ3) is 14.1. The molecule has 1 N–H and O–H groups in total. The van der Waals surface area contributed by atoms with Gasteiger partial charge in [-0.05, 0) is 143 Å². The summed E-state index contributed by atoms with van der Waals surface area (Å²) in [6.45, 7) is 18.0. The van der Waals surface area contributed by atoms with Gasteiger partial charge in [-0.3, -0.25) is 4.79 Å². The number of nitrogens with zero attached hydrogens (tertiary/aromatic N) is 6. The van der Waals surface area contributed by atoms with Crippen molar-refractivity contribution in [1.29, 1.82) is 0 Å². The Morgan fingerprint density at radius 1 is 1.00 bits per heavy atom. The van der Waals surface area contributed by atoms with Gasteiger partial charge in [-0.25, -0.2) is 23.9 Å². The molecule has 2 aromatic heterocycles. The van der Waals surface area contributed by atoms with Crippen molar-refractivity contribution in [2.45, 2.75) is 123 Å². The third-order valence-electron chi connectivity index (χ3n) is 11.2. The Balaban J connectivity index is 1.25. The van der Waals surface area contributed by atoms with Crippen LogP contribution in [-0.2, 0) is 35.0 Å². The zero-order chi connectivity index (χ0) is 48.7. The predicted octanol–water partition coefficient (Wildman–Crippen LogP) is 9.84. The fourth-order valence-corrected chi connectivity index (χ4v) is 8.58. The first-order valence-electron chi connectivity index (χ1n) is 22.8. The van der Waals surface area contributed by atoms with E-state index in [0.29, 0.717) is 48.8 Å². The van der Waals surface area contributed by atoms with Crippen LogP contribution in [0.25, 0.3) is 11.0 Å². The Kier molecular flexibility index (Phi) is 16.6. The van der Waals surface area contributed by atoms with Crippen LogP contribution in [0.4, 0.5) is 19.8 Å². The fourth-order valence-electron chi connectivity index (χ4n) is 8.46. The number of fused-ring (bicyclic) bond motifs is 2.